The molecule has 0 fully saturated rings. The minimum Gasteiger partial charge on any atom is -0.497 e. The molecule has 0 aromatic heterocycles. The summed E-state index contributed by atoms with van der Waals surface area (Å²) >= 11 is 12.6. The van der Waals surface area contributed by atoms with Crippen molar-refractivity contribution in [2.24, 2.45) is 0 Å². The van der Waals surface area contributed by atoms with Crippen LogP contribution in [-0.2, 0) is 26.2 Å². The Labute approximate surface area is 210 Å². The highest BCUT2D eigenvalue weighted by Gasteiger charge is 2.31. The van der Waals surface area contributed by atoms with Crippen molar-refractivity contribution in [3.05, 3.63) is 58.1 Å². The van der Waals surface area contributed by atoms with Gasteiger partial charge in [0.2, 0.25) is 21.8 Å². The van der Waals surface area contributed by atoms with E-state index in [1.54, 1.807) is 51.1 Å². The first kappa shape index (κ1) is 27.8. The number of rotatable bonds is 10. The molecule has 2 rings (SSSR count). The molecule has 186 valence electrons. The van der Waals surface area contributed by atoms with Crippen molar-refractivity contribution >= 4 is 50.7 Å². The van der Waals surface area contributed by atoms with E-state index in [0.717, 1.165) is 10.6 Å². The number of anilines is 1. The SMILES string of the molecule is COc1ccc(N(CC(=O)N(Cc2c(Cl)cccc2Cl)[C@H](C)C(=O)NC(C)C)S(C)(=O)=O)cc1. The zero-order valence-corrected chi connectivity index (χ0v) is 22.0. The first-order valence-corrected chi connectivity index (χ1v) is 13.1. The molecule has 0 bridgehead atoms. The number of hydrogen-bond donors (Lipinski definition) is 1. The number of nitrogens with zero attached hydrogens (tertiary/aromatic N) is 2. The third-order valence-corrected chi connectivity index (χ3v) is 6.88. The highest BCUT2D eigenvalue weighted by atomic mass is 35.5. The number of amides is 2. The number of benzene rings is 2. The van der Waals surface area contributed by atoms with Crippen LogP contribution >= 0.6 is 23.2 Å². The molecule has 1 atom stereocenters. The number of nitrogens with one attached hydrogen (secondary N) is 1. The van der Waals surface area contributed by atoms with Gasteiger partial charge in [0.1, 0.15) is 18.3 Å². The second-order valence-electron chi connectivity index (χ2n) is 8.03. The summed E-state index contributed by atoms with van der Waals surface area (Å²) in [6, 6.07) is 10.1. The molecule has 0 saturated heterocycles. The molecule has 0 aliphatic heterocycles. The summed E-state index contributed by atoms with van der Waals surface area (Å²) in [5.41, 5.74) is 0.741. The maximum Gasteiger partial charge on any atom is 0.244 e. The maximum atomic E-state index is 13.5. The third kappa shape index (κ3) is 7.25. The lowest BCUT2D eigenvalue weighted by Crippen LogP contribution is -2.52. The lowest BCUT2D eigenvalue weighted by Gasteiger charge is -2.32. The summed E-state index contributed by atoms with van der Waals surface area (Å²) < 4.78 is 31.2. The molecular weight excluding hydrogens is 501 g/mol. The second kappa shape index (κ2) is 11.8. The Balaban J connectivity index is 2.44. The Kier molecular flexibility index (Phi) is 9.61. The molecule has 2 aromatic carbocycles. The molecule has 0 heterocycles. The maximum absolute atomic E-state index is 13.5. The minimum absolute atomic E-state index is 0.0791. The molecule has 0 aliphatic rings. The molecule has 8 nitrogen and oxygen atoms in total. The van der Waals surface area contributed by atoms with E-state index in [0.29, 0.717) is 21.4 Å². The molecule has 2 amide bonds. The number of carbonyl (C=O) groups excluding carboxylic acids is 2. The molecule has 0 saturated carbocycles. The second-order valence-corrected chi connectivity index (χ2v) is 10.7. The van der Waals surface area contributed by atoms with Gasteiger partial charge in [0.15, 0.2) is 0 Å². The summed E-state index contributed by atoms with van der Waals surface area (Å²) in [5.74, 6) is -0.442. The van der Waals surface area contributed by atoms with Crippen LogP contribution in [0.2, 0.25) is 10.0 Å². The van der Waals surface area contributed by atoms with Gasteiger partial charge in [0, 0.05) is 28.2 Å². The van der Waals surface area contributed by atoms with Crippen molar-refractivity contribution in [1.82, 2.24) is 10.2 Å². The third-order valence-electron chi connectivity index (χ3n) is 5.03. The van der Waals surface area contributed by atoms with E-state index >= 15 is 0 Å². The quantitative estimate of drug-likeness (QED) is 0.506. The van der Waals surface area contributed by atoms with Gasteiger partial charge < -0.3 is 15.0 Å². The standard InChI is InChI=1S/C23H29Cl2N3O5S/c1-15(2)26-23(30)16(3)27(13-19-20(24)7-6-8-21(19)25)22(29)14-28(34(5,31)32)17-9-11-18(33-4)12-10-17/h6-12,15-16H,13-14H2,1-5H3,(H,26,30)/t16-/m1/s1. The van der Waals surface area contributed by atoms with Crippen LogP contribution in [0.15, 0.2) is 42.5 Å². The lowest BCUT2D eigenvalue weighted by atomic mass is 10.1. The number of sulfonamides is 1. The fourth-order valence-corrected chi connectivity index (χ4v) is 4.57. The smallest absolute Gasteiger partial charge is 0.244 e. The van der Waals surface area contributed by atoms with Crippen molar-refractivity contribution < 1.29 is 22.7 Å². The number of methoxy groups -OCH3 is 1. The van der Waals surface area contributed by atoms with Gasteiger partial charge in [-0.15, -0.1) is 0 Å². The van der Waals surface area contributed by atoms with E-state index < -0.39 is 28.5 Å². The van der Waals surface area contributed by atoms with Gasteiger partial charge in [0.25, 0.3) is 0 Å². The van der Waals surface area contributed by atoms with Crippen LogP contribution in [0.25, 0.3) is 0 Å². The zero-order valence-electron chi connectivity index (χ0n) is 19.7. The molecule has 34 heavy (non-hydrogen) atoms. The summed E-state index contributed by atoms with van der Waals surface area (Å²) in [5, 5.41) is 3.44. The van der Waals surface area contributed by atoms with Crippen LogP contribution < -0.4 is 14.4 Å². The first-order chi connectivity index (χ1) is 15.8. The van der Waals surface area contributed by atoms with E-state index in [1.165, 1.54) is 24.1 Å². The Hall–Kier alpha value is -2.49. The van der Waals surface area contributed by atoms with Crippen LogP contribution in [0.3, 0.4) is 0 Å². The molecule has 2 aromatic rings. The average Bonchev–Trinajstić information content (AvgIpc) is 2.75. The summed E-state index contributed by atoms with van der Waals surface area (Å²) in [7, 11) is -2.33. The molecule has 0 aliphatic carbocycles. The van der Waals surface area contributed by atoms with E-state index in [4.69, 9.17) is 27.9 Å². The Bertz CT molecular complexity index is 1100. The van der Waals surface area contributed by atoms with Crippen molar-refractivity contribution in [2.45, 2.75) is 39.4 Å². The topological polar surface area (TPSA) is 96.0 Å². The van der Waals surface area contributed by atoms with Gasteiger partial charge in [-0.1, -0.05) is 29.3 Å². The van der Waals surface area contributed by atoms with Gasteiger partial charge in [-0.25, -0.2) is 8.42 Å². The fraction of sp³-hybridized carbons (Fsp3) is 0.391. The van der Waals surface area contributed by atoms with Gasteiger partial charge in [-0.3, -0.25) is 13.9 Å². The summed E-state index contributed by atoms with van der Waals surface area (Å²) in [6.45, 7) is 4.57. The highest BCUT2D eigenvalue weighted by Crippen LogP contribution is 2.27. The van der Waals surface area contributed by atoms with E-state index in [9.17, 15) is 18.0 Å². The lowest BCUT2D eigenvalue weighted by molar-refractivity contribution is -0.139. The summed E-state index contributed by atoms with van der Waals surface area (Å²) in [6.07, 6.45) is 1.01. The van der Waals surface area contributed by atoms with E-state index in [2.05, 4.69) is 5.32 Å². The molecule has 0 spiro atoms. The van der Waals surface area contributed by atoms with E-state index in [-0.39, 0.29) is 24.2 Å². The van der Waals surface area contributed by atoms with Crippen molar-refractivity contribution in [3.63, 3.8) is 0 Å². The van der Waals surface area contributed by atoms with Crippen molar-refractivity contribution in [2.75, 3.05) is 24.2 Å². The Morgan fingerprint density at radius 1 is 1.03 bits per heavy atom. The largest absolute Gasteiger partial charge is 0.497 e. The van der Waals surface area contributed by atoms with Crippen LogP contribution in [-0.4, -0.2) is 57.1 Å². The van der Waals surface area contributed by atoms with Crippen LogP contribution in [0.4, 0.5) is 5.69 Å². The van der Waals surface area contributed by atoms with Crippen LogP contribution in [0.1, 0.15) is 26.3 Å². The van der Waals surface area contributed by atoms with Gasteiger partial charge in [0.05, 0.1) is 19.1 Å². The number of hydrogen-bond acceptors (Lipinski definition) is 5. The number of carbonyl (C=O) groups is 2. The molecular formula is C23H29Cl2N3O5S. The Morgan fingerprint density at radius 2 is 1.59 bits per heavy atom. The fourth-order valence-electron chi connectivity index (χ4n) is 3.20. The van der Waals surface area contributed by atoms with Crippen LogP contribution in [0, 0.1) is 0 Å². The van der Waals surface area contributed by atoms with Crippen molar-refractivity contribution in [1.29, 1.82) is 0 Å². The number of ether oxygens (including phenoxy) is 1. The predicted molar refractivity (Wildman–Crippen MR) is 135 cm³/mol. The molecule has 11 heteroatoms. The zero-order chi connectivity index (χ0) is 25.6. The Morgan fingerprint density at radius 3 is 2.06 bits per heavy atom. The van der Waals surface area contributed by atoms with Crippen molar-refractivity contribution in [3.8, 4) is 5.75 Å². The normalized spacial score (nSPS) is 12.2. The first-order valence-electron chi connectivity index (χ1n) is 10.5. The minimum atomic E-state index is -3.83. The van der Waals surface area contributed by atoms with Gasteiger partial charge in [-0.2, -0.15) is 0 Å². The molecule has 0 unspecified atom stereocenters. The average molecular weight is 530 g/mol. The predicted octanol–water partition coefficient (Wildman–Crippen LogP) is 3.71. The highest BCUT2D eigenvalue weighted by molar-refractivity contribution is 7.92. The molecule has 1 N–H and O–H groups in total. The van der Waals surface area contributed by atoms with Crippen LogP contribution in [0.5, 0.6) is 5.75 Å². The van der Waals surface area contributed by atoms with Gasteiger partial charge in [-0.05, 0) is 57.2 Å². The van der Waals surface area contributed by atoms with Gasteiger partial charge >= 0.3 is 0 Å². The number of halogens is 2. The van der Waals surface area contributed by atoms with E-state index in [1.807, 2.05) is 0 Å². The monoisotopic (exact) mass is 529 g/mol. The summed E-state index contributed by atoms with van der Waals surface area (Å²) in [4.78, 5) is 27.5. The molecule has 0 radical (unpaired) electrons.